The molecule has 64 heavy (non-hydrogen) atoms. The Kier molecular flexibility index (Phi) is 12.8. The van der Waals surface area contributed by atoms with Crippen molar-refractivity contribution in [2.45, 2.75) is 184 Å². The van der Waals surface area contributed by atoms with Crippen molar-refractivity contribution >= 4 is 16.9 Å². The Hall–Kier alpha value is -3.61. The summed E-state index contributed by atoms with van der Waals surface area (Å²) >= 11 is 0. The van der Waals surface area contributed by atoms with Crippen LogP contribution in [-0.4, -0.2) is 88.9 Å². The molecule has 0 spiro atoms. The van der Waals surface area contributed by atoms with E-state index in [1.54, 1.807) is 14.2 Å². The summed E-state index contributed by atoms with van der Waals surface area (Å²) in [4.78, 5) is 14.1. The van der Waals surface area contributed by atoms with E-state index in [1.807, 2.05) is 12.1 Å². The highest BCUT2D eigenvalue weighted by Crippen LogP contribution is 2.50. The first kappa shape index (κ1) is 44.2. The molecule has 4 aliphatic carbocycles. The number of ether oxygens (including phenoxy) is 4. The Morgan fingerprint density at radius 2 is 1.64 bits per heavy atom. The number of aromatic amines is 1. The van der Waals surface area contributed by atoms with Gasteiger partial charge in [0.05, 0.1) is 50.2 Å². The van der Waals surface area contributed by atoms with E-state index in [2.05, 4.69) is 94.3 Å². The SMILES string of the molecule is COc1ccc(CNC2c3ccn([C@@H]4C[C@H](CN(C)C5CC(CCc6nc7ccc(C8(C)CCC8)cc7[nH]6)C5)[C@H]5OC(C)(C)O[C@H]54)c3NCN2C2CCCCCCCCC2)c(OC)c1. The molecule has 2 aliphatic heterocycles. The number of hydrogen-bond acceptors (Lipinski definition) is 9. The molecule has 11 heteroatoms. The van der Waals surface area contributed by atoms with Gasteiger partial charge in [0.25, 0.3) is 0 Å². The lowest BCUT2D eigenvalue weighted by atomic mass is 9.66. The third-order valence-corrected chi connectivity index (χ3v) is 16.8. The van der Waals surface area contributed by atoms with Gasteiger partial charge in [-0.05, 0) is 113 Å². The van der Waals surface area contributed by atoms with Gasteiger partial charge in [-0.3, -0.25) is 10.2 Å². The van der Waals surface area contributed by atoms with Crippen LogP contribution in [0.3, 0.4) is 0 Å². The minimum Gasteiger partial charge on any atom is -0.497 e. The van der Waals surface area contributed by atoms with E-state index in [9.17, 15) is 0 Å². The normalized spacial score (nSPS) is 29.5. The Labute approximate surface area is 382 Å². The first-order valence-electron chi connectivity index (χ1n) is 25.3. The zero-order valence-electron chi connectivity index (χ0n) is 39.8. The van der Waals surface area contributed by atoms with Crippen LogP contribution in [0.15, 0.2) is 48.7 Å². The van der Waals surface area contributed by atoms with E-state index < -0.39 is 5.79 Å². The molecule has 4 saturated carbocycles. The van der Waals surface area contributed by atoms with Gasteiger partial charge in [-0.1, -0.05) is 70.4 Å². The summed E-state index contributed by atoms with van der Waals surface area (Å²) in [6, 6.07) is 16.8. The number of nitrogens with one attached hydrogen (secondary N) is 3. The predicted octanol–water partition coefficient (Wildman–Crippen LogP) is 10.6. The average Bonchev–Trinajstić information content (AvgIpc) is 4.04. The van der Waals surface area contributed by atoms with Gasteiger partial charge in [-0.25, -0.2) is 4.98 Å². The van der Waals surface area contributed by atoms with Crippen molar-refractivity contribution in [2.75, 3.05) is 39.8 Å². The van der Waals surface area contributed by atoms with Crippen molar-refractivity contribution in [1.29, 1.82) is 0 Å². The number of imidazole rings is 1. The lowest BCUT2D eigenvalue weighted by molar-refractivity contribution is -0.161. The summed E-state index contributed by atoms with van der Waals surface area (Å²) in [5, 5.41) is 8.06. The average molecular weight is 876 g/mol. The van der Waals surface area contributed by atoms with Gasteiger partial charge >= 0.3 is 0 Å². The molecule has 4 aromatic rings. The molecule has 3 N–H and O–H groups in total. The number of fused-ring (bicyclic) bond motifs is 3. The van der Waals surface area contributed by atoms with Crippen LogP contribution in [0.5, 0.6) is 11.5 Å². The number of aryl methyl sites for hydroxylation is 1. The maximum atomic E-state index is 6.85. The third-order valence-electron chi connectivity index (χ3n) is 16.8. The summed E-state index contributed by atoms with van der Waals surface area (Å²) in [6.07, 6.45) is 24.1. The molecule has 11 nitrogen and oxygen atoms in total. The fraction of sp³-hybridized carbons (Fsp3) is 0.679. The zero-order valence-corrected chi connectivity index (χ0v) is 39.8. The molecular weight excluding hydrogens is 799 g/mol. The quantitative estimate of drug-likeness (QED) is 0.114. The molecule has 1 saturated heterocycles. The molecule has 2 aromatic heterocycles. The van der Waals surface area contributed by atoms with E-state index >= 15 is 0 Å². The Bertz CT molecular complexity index is 2200. The Morgan fingerprint density at radius 3 is 2.38 bits per heavy atom. The predicted molar refractivity (Wildman–Crippen MR) is 255 cm³/mol. The van der Waals surface area contributed by atoms with Crippen LogP contribution in [0, 0.1) is 11.8 Å². The standard InChI is InChI=1S/C53H77N7O4/c1-52(2)63-48-37(33-58(4)40-27-35(28-40)17-22-47-56-43-21-19-38(30-44(43)57-47)53(3)24-14-25-53)29-45(49(48)64-52)59-26-23-42-50(54-32-36-18-20-41(61-5)31-46(36)62-6)60(34-55-51(42)59)39-15-12-10-8-7-9-11-13-16-39/h18-21,23,26,30-31,35,37,39-40,45,48-50,54-55H,7-17,22,24-25,27-29,32-34H2,1-6H3,(H,56,57)/t35?,37-,40?,45-,48-,49+,50?/m1/s1. The minimum atomic E-state index is -0.603. The van der Waals surface area contributed by atoms with Crippen LogP contribution in [0.4, 0.5) is 5.82 Å². The van der Waals surface area contributed by atoms with Crippen LogP contribution >= 0.6 is 0 Å². The second-order valence-electron chi connectivity index (χ2n) is 21.5. The van der Waals surface area contributed by atoms with Crippen molar-refractivity contribution in [2.24, 2.45) is 11.8 Å². The molecule has 5 atom stereocenters. The number of anilines is 1. The van der Waals surface area contributed by atoms with Gasteiger partial charge in [0, 0.05) is 60.9 Å². The molecule has 6 aliphatic rings. The van der Waals surface area contributed by atoms with Crippen LogP contribution in [0.2, 0.25) is 0 Å². The number of hydrogen-bond donors (Lipinski definition) is 3. The maximum absolute atomic E-state index is 6.85. The van der Waals surface area contributed by atoms with Gasteiger partial charge in [-0.15, -0.1) is 0 Å². The highest BCUT2D eigenvalue weighted by molar-refractivity contribution is 5.76. The molecule has 0 radical (unpaired) electrons. The highest BCUT2D eigenvalue weighted by atomic mass is 16.8. The largest absolute Gasteiger partial charge is 0.497 e. The monoisotopic (exact) mass is 876 g/mol. The van der Waals surface area contributed by atoms with E-state index in [1.165, 1.54) is 119 Å². The molecule has 348 valence electrons. The van der Waals surface area contributed by atoms with Crippen LogP contribution in [0.1, 0.15) is 158 Å². The van der Waals surface area contributed by atoms with Crippen molar-refractivity contribution < 1.29 is 18.9 Å². The summed E-state index contributed by atoms with van der Waals surface area (Å²) in [5.74, 6) is 4.57. The fourth-order valence-corrected chi connectivity index (χ4v) is 12.7. The lowest BCUT2D eigenvalue weighted by Gasteiger charge is -2.43. The summed E-state index contributed by atoms with van der Waals surface area (Å²) in [6.45, 7) is 9.15. The molecular formula is C53H77N7O4. The zero-order chi connectivity index (χ0) is 44.0. The Morgan fingerprint density at radius 1 is 0.875 bits per heavy atom. The molecule has 5 fully saturated rings. The number of aromatic nitrogens is 3. The van der Waals surface area contributed by atoms with Gasteiger partial charge in [-0.2, -0.15) is 0 Å². The first-order valence-corrected chi connectivity index (χ1v) is 25.3. The molecule has 2 aromatic carbocycles. The van der Waals surface area contributed by atoms with E-state index in [4.69, 9.17) is 23.9 Å². The maximum Gasteiger partial charge on any atom is 0.163 e. The lowest BCUT2D eigenvalue weighted by Crippen LogP contribution is -2.50. The van der Waals surface area contributed by atoms with Crippen molar-refractivity contribution in [3.63, 3.8) is 0 Å². The van der Waals surface area contributed by atoms with Gasteiger partial charge < -0.3 is 38.7 Å². The molecule has 4 heterocycles. The van der Waals surface area contributed by atoms with Crippen LogP contribution in [0.25, 0.3) is 11.0 Å². The van der Waals surface area contributed by atoms with Crippen LogP contribution < -0.4 is 20.1 Å². The third kappa shape index (κ3) is 8.97. The van der Waals surface area contributed by atoms with E-state index in [-0.39, 0.29) is 24.4 Å². The van der Waals surface area contributed by atoms with Crippen molar-refractivity contribution in [3.8, 4) is 11.5 Å². The topological polar surface area (TPSA) is 101 Å². The van der Waals surface area contributed by atoms with E-state index in [0.29, 0.717) is 30.0 Å². The second-order valence-corrected chi connectivity index (χ2v) is 21.5. The fourth-order valence-electron chi connectivity index (χ4n) is 12.7. The molecule has 0 amide bonds. The smallest absolute Gasteiger partial charge is 0.163 e. The number of nitrogens with zero attached hydrogens (tertiary/aromatic N) is 4. The Balaban J connectivity index is 0.814. The summed E-state index contributed by atoms with van der Waals surface area (Å²) in [5.41, 5.74) is 6.59. The number of H-pyrrole nitrogens is 1. The second kappa shape index (κ2) is 18.6. The number of benzene rings is 2. The first-order chi connectivity index (χ1) is 31.1. The van der Waals surface area contributed by atoms with Crippen molar-refractivity contribution in [3.05, 3.63) is 71.2 Å². The highest BCUT2D eigenvalue weighted by Gasteiger charge is 2.55. The van der Waals surface area contributed by atoms with Gasteiger partial charge in [0.1, 0.15) is 29.2 Å². The number of methoxy groups -OCH3 is 2. The minimum absolute atomic E-state index is 0.00333. The van der Waals surface area contributed by atoms with Crippen LogP contribution in [-0.2, 0) is 27.9 Å². The summed E-state index contributed by atoms with van der Waals surface area (Å²) in [7, 11) is 5.81. The van der Waals surface area contributed by atoms with Crippen molar-refractivity contribution in [1.82, 2.24) is 29.7 Å². The van der Waals surface area contributed by atoms with Gasteiger partial charge in [0.2, 0.25) is 0 Å². The molecule has 0 bridgehead atoms. The molecule has 1 unspecified atom stereocenters. The number of rotatable bonds is 14. The van der Waals surface area contributed by atoms with Gasteiger partial charge in [0.15, 0.2) is 5.79 Å². The van der Waals surface area contributed by atoms with E-state index in [0.717, 1.165) is 60.4 Å². The summed E-state index contributed by atoms with van der Waals surface area (Å²) < 4.78 is 27.6. The molecule has 10 rings (SSSR count).